The fraction of sp³-hybridized carbons (Fsp3) is 0. The molecule has 0 unspecified atom stereocenters. The van der Waals surface area contributed by atoms with Gasteiger partial charge in [0.1, 0.15) is 0 Å². The molecule has 0 radical (unpaired) electrons. The first-order valence-corrected chi connectivity index (χ1v) is 0. The fourth-order valence-corrected chi connectivity index (χ4v) is 0. The van der Waals surface area contributed by atoms with Crippen LogP contribution < -0.4 is 0 Å². The van der Waals surface area contributed by atoms with E-state index in [-0.39, 0.29) is 119 Å². The number of halogens is 2. The van der Waals surface area contributed by atoms with Gasteiger partial charge < -0.3 is 0 Å². The Morgan fingerprint density at radius 2 is 0.600 bits per heavy atom. The molecule has 0 heterocycles. The van der Waals surface area contributed by atoms with Gasteiger partial charge in [-0.3, -0.25) is 9.41 Å². The van der Waals surface area contributed by atoms with Crippen molar-refractivity contribution in [3.63, 3.8) is 0 Å². The Kier molecular flexibility index (Phi) is 201. The summed E-state index contributed by atoms with van der Waals surface area (Å²) >= 11 is 0. The van der Waals surface area contributed by atoms with Gasteiger partial charge in [0.05, 0.1) is 0 Å². The van der Waals surface area contributed by atoms with Crippen molar-refractivity contribution in [1.82, 2.24) is 0 Å². The van der Waals surface area contributed by atoms with Gasteiger partial charge in [-0.05, 0) is 0 Å². The van der Waals surface area contributed by atoms with Gasteiger partial charge in [-0.15, -0.1) is 0 Å². The van der Waals surface area contributed by atoms with Crippen LogP contribution in [0.3, 0.4) is 0 Å². The van der Waals surface area contributed by atoms with Crippen LogP contribution in [0.5, 0.6) is 0 Å². The molecule has 0 aromatic carbocycles. The van der Waals surface area contributed by atoms with E-state index in [1.807, 2.05) is 0 Å². The summed E-state index contributed by atoms with van der Waals surface area (Å²) in [6.07, 6.45) is 0. The zero-order valence-corrected chi connectivity index (χ0v) is 6.06. The number of hydrogen-bond acceptors (Lipinski definition) is 0. The third kappa shape index (κ3) is 18.5. The summed E-state index contributed by atoms with van der Waals surface area (Å²) in [4.78, 5) is 0. The second-order valence-electron chi connectivity index (χ2n) is 0. The van der Waals surface area contributed by atoms with Crippen LogP contribution in [-0.4, -0.2) is 29.6 Å². The average Bonchev–Trinajstić information content (AvgIpc) is 0. The summed E-state index contributed by atoms with van der Waals surface area (Å²) in [5.74, 6) is 0. The van der Waals surface area contributed by atoms with Crippen molar-refractivity contribution in [3.8, 4) is 0 Å². The molecule has 0 aliphatic heterocycles. The zero-order chi connectivity index (χ0) is 0. The van der Waals surface area contributed by atoms with Gasteiger partial charge in [-0.25, -0.2) is 0 Å². The molecule has 0 nitrogen and oxygen atoms in total. The Balaban J connectivity index is 0. The van der Waals surface area contributed by atoms with Crippen molar-refractivity contribution in [1.29, 1.82) is 0 Å². The summed E-state index contributed by atoms with van der Waals surface area (Å²) in [7, 11) is 0. The number of hydrogen-bond donors (Lipinski definition) is 0. The minimum absolute atomic E-state index is 0. The van der Waals surface area contributed by atoms with Gasteiger partial charge in [-0.2, -0.15) is 0 Å². The Morgan fingerprint density at radius 1 is 0.600 bits per heavy atom. The van der Waals surface area contributed by atoms with Crippen LogP contribution in [0, 0.1) is 79.9 Å². The molecule has 0 aliphatic carbocycles. The summed E-state index contributed by atoms with van der Waals surface area (Å²) in [6, 6.07) is 0. The Hall–Kier alpha value is 3.51. The molecule has 0 rings (SSSR count). The Morgan fingerprint density at radius 3 is 0.600 bits per heavy atom. The minimum atomic E-state index is 0. The quantitative estimate of drug-likeness (QED) is 0.506. The summed E-state index contributed by atoms with van der Waals surface area (Å²) < 4.78 is 0. The molecule has 0 saturated heterocycles. The third-order valence-corrected chi connectivity index (χ3v) is 0. The Labute approximate surface area is 116 Å². The standard InChI is InChI=1S/2FH.2Gd.Na.H/h2*1H;;;;. The van der Waals surface area contributed by atoms with E-state index in [9.17, 15) is 0 Å². The molecule has 0 amide bonds. The molecule has 5 heteroatoms. The van der Waals surface area contributed by atoms with Gasteiger partial charge in [0.2, 0.25) is 0 Å². The van der Waals surface area contributed by atoms with Gasteiger partial charge in [0.15, 0.2) is 0 Å². The molecular weight excluding hydrogens is 375 g/mol. The van der Waals surface area contributed by atoms with Crippen molar-refractivity contribution in [2.75, 3.05) is 0 Å². The van der Waals surface area contributed by atoms with E-state index >= 15 is 0 Å². The van der Waals surface area contributed by atoms with E-state index < -0.39 is 0 Å². The van der Waals surface area contributed by atoms with Crippen molar-refractivity contribution in [2.45, 2.75) is 0 Å². The third-order valence-electron chi connectivity index (χ3n) is 0. The van der Waals surface area contributed by atoms with E-state index in [0.717, 1.165) is 0 Å². The molecule has 0 aliphatic rings. The summed E-state index contributed by atoms with van der Waals surface area (Å²) in [5.41, 5.74) is 0. The first kappa shape index (κ1) is 39.0. The van der Waals surface area contributed by atoms with E-state index in [1.54, 1.807) is 0 Å². The molecule has 5 heavy (non-hydrogen) atoms. The molecule has 0 N–H and O–H groups in total. The van der Waals surface area contributed by atoms with Crippen LogP contribution >= 0.6 is 0 Å². The van der Waals surface area contributed by atoms with Crippen LogP contribution in [0.1, 0.15) is 0 Å². The van der Waals surface area contributed by atoms with E-state index in [0.29, 0.717) is 0 Å². The predicted octanol–water partition coefficient (Wildman–Crippen LogP) is -0.343. The first-order valence-electron chi connectivity index (χ1n) is 0. The number of rotatable bonds is 0. The topological polar surface area (TPSA) is 0 Å². The van der Waals surface area contributed by atoms with Crippen LogP contribution in [0.2, 0.25) is 0 Å². The molecule has 0 fully saturated rings. The van der Waals surface area contributed by atoms with Crippen molar-refractivity contribution >= 4 is 29.6 Å². The molecule has 0 spiro atoms. The predicted molar refractivity (Wildman–Crippen MR) is 12.2 cm³/mol. The normalized spacial score (nSPS) is 0. The second kappa shape index (κ2) is 25.8. The molecule has 34 valence electrons. The second-order valence-corrected chi connectivity index (χ2v) is 0. The van der Waals surface area contributed by atoms with Gasteiger partial charge in [0.25, 0.3) is 0 Å². The van der Waals surface area contributed by atoms with Gasteiger partial charge in [0, 0.05) is 79.9 Å². The van der Waals surface area contributed by atoms with E-state index in [4.69, 9.17) is 0 Å². The Bertz CT molecular complexity index is 7.61. The molecular formula is H3F2Gd2Na. The van der Waals surface area contributed by atoms with E-state index in [1.165, 1.54) is 0 Å². The van der Waals surface area contributed by atoms with Crippen molar-refractivity contribution in [3.05, 3.63) is 0 Å². The SMILES string of the molecule is F.F.[Gd].[Gd].[NaH]. The maximum absolute atomic E-state index is 0. The fourth-order valence-electron chi connectivity index (χ4n) is 0. The van der Waals surface area contributed by atoms with Gasteiger partial charge in [-0.1, -0.05) is 0 Å². The maximum atomic E-state index is 0. The summed E-state index contributed by atoms with van der Waals surface area (Å²) in [6.45, 7) is 0. The molecule has 0 aromatic rings. The molecule has 0 aromatic heterocycles. The van der Waals surface area contributed by atoms with Crippen molar-refractivity contribution in [2.24, 2.45) is 0 Å². The zero-order valence-electron chi connectivity index (χ0n) is 1.52. The average molecular weight is 379 g/mol. The molecule has 0 atom stereocenters. The molecule has 0 saturated carbocycles. The molecule has 0 bridgehead atoms. The van der Waals surface area contributed by atoms with E-state index in [2.05, 4.69) is 0 Å². The van der Waals surface area contributed by atoms with Crippen LogP contribution in [0.4, 0.5) is 9.41 Å². The first-order chi connectivity index (χ1) is 0. The monoisotopic (exact) mass is 380 g/mol. The van der Waals surface area contributed by atoms with Crippen LogP contribution in [0.25, 0.3) is 0 Å². The van der Waals surface area contributed by atoms with Gasteiger partial charge >= 0.3 is 29.6 Å². The van der Waals surface area contributed by atoms with Crippen LogP contribution in [0.15, 0.2) is 0 Å². The van der Waals surface area contributed by atoms with Crippen LogP contribution in [-0.2, 0) is 0 Å². The summed E-state index contributed by atoms with van der Waals surface area (Å²) in [5, 5.41) is 0. The van der Waals surface area contributed by atoms with Crippen molar-refractivity contribution < 1.29 is 89.3 Å².